The number of hydrogen-bond acceptors (Lipinski definition) is 7. The number of nitrogens with one attached hydrogen (secondary N) is 2. The Labute approximate surface area is 218 Å². The molecule has 6 nitrogen and oxygen atoms in total. The minimum Gasteiger partial charge on any atom is -0.550 e. The zero-order chi connectivity index (χ0) is 25.3. The second-order valence-corrected chi connectivity index (χ2v) is 11.0. The number of carboxylic acid groups (broad SMARTS) is 1. The van der Waals surface area contributed by atoms with Gasteiger partial charge in [-0.05, 0) is 54.0 Å². The number of carbonyl (C=O) groups is 2. The average Bonchev–Trinajstić information content (AvgIpc) is 3.30. The number of nitrogens with zero attached hydrogens (tertiary/aromatic N) is 1. The van der Waals surface area contributed by atoms with E-state index in [1.54, 1.807) is 41.4 Å². The molecule has 0 aliphatic heterocycles. The summed E-state index contributed by atoms with van der Waals surface area (Å²) in [7, 11) is 0. The van der Waals surface area contributed by atoms with Crippen LogP contribution in [-0.4, -0.2) is 22.6 Å². The number of aliphatic carboxylic acids is 1. The van der Waals surface area contributed by atoms with Crippen molar-refractivity contribution in [1.82, 2.24) is 4.98 Å². The van der Waals surface area contributed by atoms with Gasteiger partial charge in [0.2, 0.25) is 0 Å². The molecule has 0 radical (unpaired) electrons. The third-order valence-corrected chi connectivity index (χ3v) is 8.14. The minimum absolute atomic E-state index is 0.233. The molecule has 2 aromatic carbocycles. The second kappa shape index (κ2) is 12.9. The third-order valence-electron chi connectivity index (χ3n) is 6.25. The van der Waals surface area contributed by atoms with Crippen LogP contribution in [0.25, 0.3) is 0 Å². The number of halogens is 1. The van der Waals surface area contributed by atoms with E-state index >= 15 is 0 Å². The SMILES string of the molecule is O=C([O-])Cc1csc(NC(=O)c2ccc(CNc3ccc(F)cc3SCCC3CCCCC3)cc2)n1. The Morgan fingerprint density at radius 3 is 2.64 bits per heavy atom. The topological polar surface area (TPSA) is 94.1 Å². The van der Waals surface area contributed by atoms with Gasteiger partial charge in [-0.15, -0.1) is 23.1 Å². The number of thioether (sulfide) groups is 1. The molecule has 190 valence electrons. The predicted molar refractivity (Wildman–Crippen MR) is 141 cm³/mol. The Kier molecular flexibility index (Phi) is 9.35. The Morgan fingerprint density at radius 1 is 1.11 bits per heavy atom. The van der Waals surface area contributed by atoms with Crippen molar-refractivity contribution in [3.8, 4) is 0 Å². The van der Waals surface area contributed by atoms with Crippen LogP contribution in [0.1, 0.15) is 60.1 Å². The van der Waals surface area contributed by atoms with E-state index in [-0.39, 0.29) is 18.1 Å². The quantitative estimate of drug-likeness (QED) is 0.321. The fourth-order valence-electron chi connectivity index (χ4n) is 4.31. The maximum Gasteiger partial charge on any atom is 0.257 e. The van der Waals surface area contributed by atoms with E-state index in [1.165, 1.54) is 55.9 Å². The maximum absolute atomic E-state index is 13.9. The number of carboxylic acids is 1. The van der Waals surface area contributed by atoms with Crippen molar-refractivity contribution in [3.05, 3.63) is 70.5 Å². The first-order valence-electron chi connectivity index (χ1n) is 12.2. The highest BCUT2D eigenvalue weighted by molar-refractivity contribution is 7.99. The van der Waals surface area contributed by atoms with Crippen molar-refractivity contribution in [2.24, 2.45) is 5.92 Å². The normalized spacial score (nSPS) is 13.9. The van der Waals surface area contributed by atoms with Crippen molar-refractivity contribution in [3.63, 3.8) is 0 Å². The van der Waals surface area contributed by atoms with Crippen molar-refractivity contribution < 1.29 is 19.1 Å². The second-order valence-electron chi connectivity index (χ2n) is 8.98. The molecule has 1 heterocycles. The lowest BCUT2D eigenvalue weighted by molar-refractivity contribution is -0.304. The molecule has 0 saturated heterocycles. The van der Waals surface area contributed by atoms with Gasteiger partial charge in [0, 0.05) is 40.5 Å². The summed E-state index contributed by atoms with van der Waals surface area (Å²) in [5.74, 6) is 0.0160. The summed E-state index contributed by atoms with van der Waals surface area (Å²) >= 11 is 2.87. The Bertz CT molecular complexity index is 1180. The minimum atomic E-state index is -1.21. The smallest absolute Gasteiger partial charge is 0.257 e. The highest BCUT2D eigenvalue weighted by Crippen LogP contribution is 2.33. The van der Waals surface area contributed by atoms with Gasteiger partial charge in [0.1, 0.15) is 5.82 Å². The van der Waals surface area contributed by atoms with Crippen molar-refractivity contribution >= 4 is 45.8 Å². The molecule has 9 heteroatoms. The van der Waals surface area contributed by atoms with Gasteiger partial charge in [-0.1, -0.05) is 44.2 Å². The maximum atomic E-state index is 13.9. The molecule has 3 aromatic rings. The molecule has 4 rings (SSSR count). The number of benzene rings is 2. The molecular formula is C27H29FN3O3S2-. The fourth-order valence-corrected chi connectivity index (χ4v) is 6.18. The average molecular weight is 527 g/mol. The van der Waals surface area contributed by atoms with Crippen molar-refractivity contribution in [2.75, 3.05) is 16.4 Å². The summed E-state index contributed by atoms with van der Waals surface area (Å²) < 4.78 is 13.9. The van der Waals surface area contributed by atoms with Crippen LogP contribution in [0.4, 0.5) is 15.2 Å². The summed E-state index contributed by atoms with van der Waals surface area (Å²) in [6.45, 7) is 0.544. The summed E-state index contributed by atoms with van der Waals surface area (Å²) in [5, 5.41) is 18.7. The molecule has 1 fully saturated rings. The molecule has 1 saturated carbocycles. The van der Waals surface area contributed by atoms with E-state index in [9.17, 15) is 19.1 Å². The summed E-state index contributed by atoms with van der Waals surface area (Å²) in [4.78, 5) is 28.2. The van der Waals surface area contributed by atoms with E-state index in [1.807, 2.05) is 12.1 Å². The molecular weight excluding hydrogens is 497 g/mol. The molecule has 1 aliphatic rings. The Balaban J connectivity index is 1.29. The van der Waals surface area contributed by atoms with Crippen LogP contribution in [0.3, 0.4) is 0 Å². The van der Waals surface area contributed by atoms with E-state index in [4.69, 9.17) is 0 Å². The standard InChI is InChI=1S/C27H30FN3O3S2/c28-21-10-11-23(24(14-21)35-13-12-18-4-2-1-3-5-18)29-16-19-6-8-20(9-7-19)26(34)31-27-30-22(17-36-27)15-25(32)33/h6-11,14,17-18,29H,1-5,12-13,15-16H2,(H,32,33)(H,30,31,34)/p-1. The molecule has 36 heavy (non-hydrogen) atoms. The molecule has 1 aromatic heterocycles. The third kappa shape index (κ3) is 7.80. The van der Waals surface area contributed by atoms with E-state index in [0.717, 1.165) is 27.8 Å². The van der Waals surface area contributed by atoms with Gasteiger partial charge in [0.25, 0.3) is 5.91 Å². The summed E-state index contributed by atoms with van der Waals surface area (Å²) in [5.41, 5.74) is 2.71. The van der Waals surface area contributed by atoms with Gasteiger partial charge in [0.05, 0.1) is 5.69 Å². The lowest BCUT2D eigenvalue weighted by Crippen LogP contribution is -2.24. The first-order chi connectivity index (χ1) is 17.5. The molecule has 2 N–H and O–H groups in total. The Morgan fingerprint density at radius 2 is 1.89 bits per heavy atom. The van der Waals surface area contributed by atoms with Crippen LogP contribution in [0, 0.1) is 11.7 Å². The zero-order valence-electron chi connectivity index (χ0n) is 19.9. The van der Waals surface area contributed by atoms with Crippen LogP contribution in [0.5, 0.6) is 0 Å². The predicted octanol–water partition coefficient (Wildman–Crippen LogP) is 5.50. The molecule has 0 bridgehead atoms. The van der Waals surface area contributed by atoms with Crippen LogP contribution in [-0.2, 0) is 17.8 Å². The van der Waals surface area contributed by atoms with E-state index < -0.39 is 5.97 Å². The highest BCUT2D eigenvalue weighted by Gasteiger charge is 2.14. The number of thiazole rings is 1. The first-order valence-corrected chi connectivity index (χ1v) is 14.0. The van der Waals surface area contributed by atoms with Crippen LogP contribution >= 0.6 is 23.1 Å². The lowest BCUT2D eigenvalue weighted by atomic mass is 9.88. The molecule has 0 unspecified atom stereocenters. The van der Waals surface area contributed by atoms with Gasteiger partial charge in [-0.3, -0.25) is 10.1 Å². The first kappa shape index (κ1) is 26.2. The summed E-state index contributed by atoms with van der Waals surface area (Å²) in [6, 6.07) is 12.0. The van der Waals surface area contributed by atoms with Crippen molar-refractivity contribution in [2.45, 2.75) is 56.4 Å². The van der Waals surface area contributed by atoms with Crippen molar-refractivity contribution in [1.29, 1.82) is 0 Å². The number of hydrogen-bond donors (Lipinski definition) is 2. The fraction of sp³-hybridized carbons (Fsp3) is 0.370. The van der Waals surface area contributed by atoms with Gasteiger partial charge < -0.3 is 15.2 Å². The number of rotatable bonds is 11. The number of anilines is 2. The molecule has 1 aliphatic carbocycles. The van der Waals surface area contributed by atoms with Gasteiger partial charge in [-0.25, -0.2) is 9.37 Å². The van der Waals surface area contributed by atoms with E-state index in [0.29, 0.717) is 22.9 Å². The van der Waals surface area contributed by atoms with Crippen LogP contribution in [0.15, 0.2) is 52.7 Å². The van der Waals surface area contributed by atoms with Crippen LogP contribution < -0.4 is 15.7 Å². The van der Waals surface area contributed by atoms with Gasteiger partial charge in [0.15, 0.2) is 5.13 Å². The van der Waals surface area contributed by atoms with E-state index in [2.05, 4.69) is 15.6 Å². The number of amides is 1. The lowest BCUT2D eigenvalue weighted by Gasteiger charge is -2.21. The highest BCUT2D eigenvalue weighted by atomic mass is 32.2. The molecule has 1 amide bonds. The zero-order valence-corrected chi connectivity index (χ0v) is 21.6. The van der Waals surface area contributed by atoms with Crippen LogP contribution in [0.2, 0.25) is 0 Å². The van der Waals surface area contributed by atoms with Gasteiger partial charge in [-0.2, -0.15) is 0 Å². The van der Waals surface area contributed by atoms with Gasteiger partial charge >= 0.3 is 0 Å². The molecule has 0 spiro atoms. The summed E-state index contributed by atoms with van der Waals surface area (Å²) in [6.07, 6.45) is 7.53. The number of aromatic nitrogens is 1. The number of carbonyl (C=O) groups excluding carboxylic acids is 2. The molecule has 0 atom stereocenters. The monoisotopic (exact) mass is 526 g/mol. The Hall–Kier alpha value is -2.91. The largest absolute Gasteiger partial charge is 0.550 e.